The molecule has 0 aliphatic heterocycles. The van der Waals surface area contributed by atoms with E-state index < -0.39 is 0 Å². The number of hydrogen-bond acceptors (Lipinski definition) is 3. The summed E-state index contributed by atoms with van der Waals surface area (Å²) in [7, 11) is 1.59. The third-order valence-corrected chi connectivity index (χ3v) is 3.74. The molecule has 1 amide bonds. The van der Waals surface area contributed by atoms with Crippen molar-refractivity contribution in [3.63, 3.8) is 0 Å². The van der Waals surface area contributed by atoms with Crippen molar-refractivity contribution in [1.82, 2.24) is 4.98 Å². The van der Waals surface area contributed by atoms with Crippen LogP contribution < -0.4 is 10.1 Å². The highest BCUT2D eigenvalue weighted by molar-refractivity contribution is 5.95. The molecule has 1 saturated carbocycles. The molecule has 2 rings (SSSR count). The fourth-order valence-corrected chi connectivity index (χ4v) is 2.51. The minimum absolute atomic E-state index is 0.103. The number of carbonyl (C=O) groups is 1. The molecule has 0 unspecified atom stereocenters. The fraction of sp³-hybridized carbons (Fsp3) is 0.571. The van der Waals surface area contributed by atoms with Crippen molar-refractivity contribution in [2.75, 3.05) is 12.4 Å². The van der Waals surface area contributed by atoms with Crippen LogP contribution in [-0.4, -0.2) is 18.0 Å². The highest BCUT2D eigenvalue weighted by atomic mass is 16.5. The van der Waals surface area contributed by atoms with Gasteiger partial charge in [0.1, 0.15) is 0 Å². The van der Waals surface area contributed by atoms with Crippen molar-refractivity contribution < 1.29 is 9.53 Å². The molecule has 0 atom stereocenters. The van der Waals surface area contributed by atoms with E-state index in [4.69, 9.17) is 4.74 Å². The molecule has 0 aromatic carbocycles. The van der Waals surface area contributed by atoms with E-state index in [1.165, 1.54) is 0 Å². The maximum absolute atomic E-state index is 12.2. The molecule has 4 nitrogen and oxygen atoms in total. The number of nitrogens with zero attached hydrogens (tertiary/aromatic N) is 1. The average molecular weight is 248 g/mol. The van der Waals surface area contributed by atoms with E-state index in [9.17, 15) is 4.79 Å². The Kier molecular flexibility index (Phi) is 3.55. The monoisotopic (exact) mass is 248 g/mol. The van der Waals surface area contributed by atoms with E-state index >= 15 is 0 Å². The van der Waals surface area contributed by atoms with Crippen LogP contribution in [0.2, 0.25) is 0 Å². The molecule has 18 heavy (non-hydrogen) atoms. The Morgan fingerprint density at radius 2 is 2.11 bits per heavy atom. The number of anilines is 1. The number of pyridine rings is 1. The van der Waals surface area contributed by atoms with E-state index in [-0.39, 0.29) is 11.3 Å². The number of aryl methyl sites for hydroxylation is 1. The smallest absolute Gasteiger partial charge is 0.230 e. The number of hydrogen-bond donors (Lipinski definition) is 1. The van der Waals surface area contributed by atoms with Crippen LogP contribution in [0, 0.1) is 12.3 Å². The Bertz CT molecular complexity index is 451. The van der Waals surface area contributed by atoms with Crippen LogP contribution in [0.25, 0.3) is 0 Å². The molecule has 1 aliphatic rings. The van der Waals surface area contributed by atoms with E-state index in [1.54, 1.807) is 13.3 Å². The molecule has 0 radical (unpaired) electrons. The first-order chi connectivity index (χ1) is 8.55. The topological polar surface area (TPSA) is 51.2 Å². The molecule has 1 heterocycles. The maximum Gasteiger partial charge on any atom is 0.230 e. The number of ether oxygens (including phenoxy) is 1. The summed E-state index contributed by atoms with van der Waals surface area (Å²) in [6, 6.07) is 1.89. The van der Waals surface area contributed by atoms with Gasteiger partial charge in [0.05, 0.1) is 19.0 Å². The van der Waals surface area contributed by atoms with Crippen molar-refractivity contribution >= 4 is 11.6 Å². The number of nitrogens with one attached hydrogen (secondary N) is 1. The second kappa shape index (κ2) is 4.96. The fourth-order valence-electron chi connectivity index (χ4n) is 2.51. The van der Waals surface area contributed by atoms with E-state index in [2.05, 4.69) is 10.3 Å². The predicted octanol–water partition coefficient (Wildman–Crippen LogP) is 2.92. The zero-order chi connectivity index (χ0) is 13.2. The highest BCUT2D eigenvalue weighted by Gasteiger charge is 2.36. The normalized spacial score (nSPS) is 17.5. The molecule has 1 aliphatic carbocycles. The molecule has 0 saturated heterocycles. The van der Waals surface area contributed by atoms with Crippen LogP contribution in [-0.2, 0) is 4.79 Å². The van der Waals surface area contributed by atoms with E-state index in [0.29, 0.717) is 5.88 Å². The summed E-state index contributed by atoms with van der Waals surface area (Å²) in [6.07, 6.45) is 5.87. The molecular weight excluding hydrogens is 228 g/mol. The first kappa shape index (κ1) is 12.9. The maximum atomic E-state index is 12.2. The van der Waals surface area contributed by atoms with Crippen molar-refractivity contribution in [3.05, 3.63) is 17.8 Å². The zero-order valence-electron chi connectivity index (χ0n) is 11.2. The van der Waals surface area contributed by atoms with E-state index in [0.717, 1.165) is 36.9 Å². The van der Waals surface area contributed by atoms with E-state index in [1.807, 2.05) is 19.9 Å². The number of amides is 1. The Labute approximate surface area is 108 Å². The molecule has 1 N–H and O–H groups in total. The van der Waals surface area contributed by atoms with Crippen molar-refractivity contribution in [2.45, 2.75) is 39.5 Å². The summed E-state index contributed by atoms with van der Waals surface area (Å²) in [6.45, 7) is 3.96. The van der Waals surface area contributed by atoms with Gasteiger partial charge in [0, 0.05) is 11.0 Å². The van der Waals surface area contributed by atoms with Gasteiger partial charge < -0.3 is 10.1 Å². The molecule has 4 heteroatoms. The Morgan fingerprint density at radius 3 is 2.67 bits per heavy atom. The average Bonchev–Trinajstić information content (AvgIpc) is 2.78. The summed E-state index contributed by atoms with van der Waals surface area (Å²) < 4.78 is 5.10. The zero-order valence-corrected chi connectivity index (χ0v) is 11.2. The van der Waals surface area contributed by atoms with Gasteiger partial charge in [-0.2, -0.15) is 0 Å². The van der Waals surface area contributed by atoms with Gasteiger partial charge in [-0.05, 0) is 25.8 Å². The predicted molar refractivity (Wildman–Crippen MR) is 70.7 cm³/mol. The van der Waals surface area contributed by atoms with Crippen LogP contribution in [0.1, 0.15) is 38.2 Å². The third kappa shape index (κ3) is 2.47. The van der Waals surface area contributed by atoms with Crippen molar-refractivity contribution in [3.8, 4) is 5.88 Å². The first-order valence-electron chi connectivity index (χ1n) is 6.37. The van der Waals surface area contributed by atoms with Crippen LogP contribution in [0.15, 0.2) is 12.3 Å². The number of rotatable bonds is 3. The van der Waals surface area contributed by atoms with Gasteiger partial charge in [-0.15, -0.1) is 0 Å². The summed E-state index contributed by atoms with van der Waals surface area (Å²) in [5.41, 5.74) is 1.45. The molecule has 1 aromatic rings. The molecular formula is C14H20N2O2. The van der Waals surface area contributed by atoms with Crippen molar-refractivity contribution in [1.29, 1.82) is 0 Å². The Balaban J connectivity index is 2.09. The molecule has 1 aromatic heterocycles. The minimum atomic E-state index is -0.214. The van der Waals surface area contributed by atoms with Gasteiger partial charge in [0.25, 0.3) is 0 Å². The number of methoxy groups -OCH3 is 1. The SMILES string of the molecule is COc1ncc(NC(=O)C2(C)CCCC2)cc1C. The third-order valence-electron chi connectivity index (χ3n) is 3.74. The summed E-state index contributed by atoms with van der Waals surface area (Å²) in [5, 5.41) is 2.96. The van der Waals surface area contributed by atoms with Crippen LogP contribution >= 0.6 is 0 Å². The second-order valence-corrected chi connectivity index (χ2v) is 5.27. The largest absolute Gasteiger partial charge is 0.481 e. The van der Waals surface area contributed by atoms with Crippen LogP contribution in [0.4, 0.5) is 5.69 Å². The van der Waals surface area contributed by atoms with Crippen LogP contribution in [0.5, 0.6) is 5.88 Å². The van der Waals surface area contributed by atoms with Gasteiger partial charge in [-0.1, -0.05) is 19.8 Å². The quantitative estimate of drug-likeness (QED) is 0.894. The lowest BCUT2D eigenvalue weighted by molar-refractivity contribution is -0.124. The second-order valence-electron chi connectivity index (χ2n) is 5.27. The Hall–Kier alpha value is -1.58. The Morgan fingerprint density at radius 1 is 1.44 bits per heavy atom. The van der Waals surface area contributed by atoms with Gasteiger partial charge in [0.2, 0.25) is 11.8 Å². The lowest BCUT2D eigenvalue weighted by Gasteiger charge is -2.22. The molecule has 0 spiro atoms. The van der Waals surface area contributed by atoms with Crippen LogP contribution in [0.3, 0.4) is 0 Å². The van der Waals surface area contributed by atoms with Gasteiger partial charge in [-0.3, -0.25) is 4.79 Å². The lowest BCUT2D eigenvalue weighted by Crippen LogP contribution is -2.30. The van der Waals surface area contributed by atoms with Gasteiger partial charge in [0.15, 0.2) is 0 Å². The molecule has 0 bridgehead atoms. The minimum Gasteiger partial charge on any atom is -0.481 e. The first-order valence-corrected chi connectivity index (χ1v) is 6.37. The number of aromatic nitrogens is 1. The van der Waals surface area contributed by atoms with Crippen molar-refractivity contribution in [2.24, 2.45) is 5.41 Å². The molecule has 1 fully saturated rings. The standard InChI is InChI=1S/C14H20N2O2/c1-10-8-11(9-15-12(10)18-3)16-13(17)14(2)6-4-5-7-14/h8-9H,4-7H2,1-3H3,(H,16,17). The number of carbonyl (C=O) groups excluding carboxylic acids is 1. The summed E-state index contributed by atoms with van der Waals surface area (Å²) >= 11 is 0. The van der Waals surface area contributed by atoms with Gasteiger partial charge in [-0.25, -0.2) is 4.98 Å². The lowest BCUT2D eigenvalue weighted by atomic mass is 9.88. The molecule has 98 valence electrons. The summed E-state index contributed by atoms with van der Waals surface area (Å²) in [5.74, 6) is 0.700. The summed E-state index contributed by atoms with van der Waals surface area (Å²) in [4.78, 5) is 16.4. The van der Waals surface area contributed by atoms with Gasteiger partial charge >= 0.3 is 0 Å². The highest BCUT2D eigenvalue weighted by Crippen LogP contribution is 2.38.